The summed E-state index contributed by atoms with van der Waals surface area (Å²) in [6.07, 6.45) is -4.91. The number of Topliss-reactive ketones (excluding diaryl/α,β-unsaturated/α-hetero) is 1. The normalized spacial score (nSPS) is 11.6. The Hall–Kier alpha value is -2.04. The molecule has 2 aromatic rings. The molecular formula is C13H9F3O2. The van der Waals surface area contributed by atoms with Crippen molar-refractivity contribution in [2.24, 2.45) is 0 Å². The summed E-state index contributed by atoms with van der Waals surface area (Å²) in [6, 6.07) is 9.44. The van der Waals surface area contributed by atoms with E-state index in [1.54, 1.807) is 12.1 Å². The lowest BCUT2D eigenvalue weighted by molar-refractivity contribution is -0.0899. The van der Waals surface area contributed by atoms with E-state index in [2.05, 4.69) is 0 Å². The summed E-state index contributed by atoms with van der Waals surface area (Å²) in [7, 11) is 0. The third kappa shape index (κ3) is 2.45. The van der Waals surface area contributed by atoms with E-state index in [0.717, 1.165) is 11.6 Å². The van der Waals surface area contributed by atoms with E-state index < -0.39 is 17.7 Å². The molecule has 0 spiro atoms. The van der Waals surface area contributed by atoms with Crippen LogP contribution in [0.1, 0.15) is 16.1 Å². The molecule has 0 saturated carbocycles. The molecule has 0 saturated heterocycles. The van der Waals surface area contributed by atoms with Gasteiger partial charge in [-0.25, -0.2) is 0 Å². The Morgan fingerprint density at radius 3 is 2.22 bits per heavy atom. The van der Waals surface area contributed by atoms with Gasteiger partial charge in [0, 0.05) is 5.56 Å². The average molecular weight is 254 g/mol. The lowest BCUT2D eigenvalue weighted by Gasteiger charge is -2.01. The number of rotatable bonds is 2. The zero-order valence-electron chi connectivity index (χ0n) is 9.41. The molecule has 1 heterocycles. The molecule has 1 aromatic carbocycles. The van der Waals surface area contributed by atoms with Gasteiger partial charge < -0.3 is 4.42 Å². The maximum absolute atomic E-state index is 12.2. The van der Waals surface area contributed by atoms with Crippen molar-refractivity contribution in [1.29, 1.82) is 0 Å². The van der Waals surface area contributed by atoms with E-state index in [9.17, 15) is 18.0 Å². The van der Waals surface area contributed by atoms with Gasteiger partial charge in [0.2, 0.25) is 0 Å². The molecule has 0 atom stereocenters. The topological polar surface area (TPSA) is 30.2 Å². The highest BCUT2D eigenvalue weighted by molar-refractivity contribution is 5.98. The molecular weight excluding hydrogens is 245 g/mol. The second-order valence-electron chi connectivity index (χ2n) is 3.86. The monoisotopic (exact) mass is 254 g/mol. The minimum atomic E-state index is -4.91. The molecule has 0 radical (unpaired) electrons. The Kier molecular flexibility index (Phi) is 2.98. The fourth-order valence-corrected chi connectivity index (χ4v) is 1.47. The van der Waals surface area contributed by atoms with Gasteiger partial charge in [-0.05, 0) is 19.1 Å². The number of halogens is 3. The first-order valence-electron chi connectivity index (χ1n) is 5.16. The van der Waals surface area contributed by atoms with Crippen LogP contribution in [0.15, 0.2) is 40.8 Å². The molecule has 0 fully saturated rings. The average Bonchev–Trinajstić information content (AvgIpc) is 2.77. The molecule has 1 aromatic heterocycles. The van der Waals surface area contributed by atoms with Crippen molar-refractivity contribution in [3.8, 4) is 11.3 Å². The Morgan fingerprint density at radius 2 is 1.67 bits per heavy atom. The second kappa shape index (κ2) is 4.33. The summed E-state index contributed by atoms with van der Waals surface area (Å²) in [5.41, 5.74) is 1.65. The van der Waals surface area contributed by atoms with Crippen molar-refractivity contribution in [2.45, 2.75) is 13.1 Å². The lowest BCUT2D eigenvalue weighted by Crippen LogP contribution is -2.21. The van der Waals surface area contributed by atoms with Crippen LogP contribution in [-0.2, 0) is 0 Å². The number of aryl methyl sites for hydroxylation is 1. The summed E-state index contributed by atoms with van der Waals surface area (Å²) >= 11 is 0. The number of hydrogen-bond acceptors (Lipinski definition) is 2. The zero-order chi connectivity index (χ0) is 13.3. The van der Waals surface area contributed by atoms with E-state index >= 15 is 0 Å². The summed E-state index contributed by atoms with van der Waals surface area (Å²) < 4.78 is 41.5. The van der Waals surface area contributed by atoms with Crippen LogP contribution in [0.3, 0.4) is 0 Å². The number of hydrogen-bond donors (Lipinski definition) is 0. The van der Waals surface area contributed by atoms with Crippen molar-refractivity contribution in [1.82, 2.24) is 0 Å². The van der Waals surface area contributed by atoms with Crippen LogP contribution in [0.4, 0.5) is 13.2 Å². The van der Waals surface area contributed by atoms with Crippen molar-refractivity contribution < 1.29 is 22.4 Å². The maximum atomic E-state index is 12.2. The van der Waals surface area contributed by atoms with Gasteiger partial charge in [-0.3, -0.25) is 4.79 Å². The molecule has 0 aliphatic carbocycles. The van der Waals surface area contributed by atoms with Crippen molar-refractivity contribution >= 4 is 5.78 Å². The van der Waals surface area contributed by atoms with Crippen molar-refractivity contribution in [3.63, 3.8) is 0 Å². The maximum Gasteiger partial charge on any atom is 0.458 e. The molecule has 0 bridgehead atoms. The first-order chi connectivity index (χ1) is 8.38. The number of benzene rings is 1. The Balaban J connectivity index is 2.31. The second-order valence-corrected chi connectivity index (χ2v) is 3.86. The molecule has 0 aliphatic heterocycles. The zero-order valence-corrected chi connectivity index (χ0v) is 9.41. The van der Waals surface area contributed by atoms with Gasteiger partial charge in [-0.1, -0.05) is 29.8 Å². The Morgan fingerprint density at radius 1 is 1.06 bits per heavy atom. The number of carbonyl (C=O) groups is 1. The van der Waals surface area contributed by atoms with Gasteiger partial charge in [-0.15, -0.1) is 0 Å². The van der Waals surface area contributed by atoms with Crippen LogP contribution in [0.5, 0.6) is 0 Å². The quantitative estimate of drug-likeness (QED) is 0.758. The third-order valence-corrected chi connectivity index (χ3v) is 2.42. The highest BCUT2D eigenvalue weighted by atomic mass is 19.4. The molecule has 94 valence electrons. The van der Waals surface area contributed by atoms with Crippen LogP contribution >= 0.6 is 0 Å². The number of furan rings is 1. The summed E-state index contributed by atoms with van der Waals surface area (Å²) in [6.45, 7) is 1.89. The minimum absolute atomic E-state index is 0.239. The number of ketones is 1. The summed E-state index contributed by atoms with van der Waals surface area (Å²) in [4.78, 5) is 10.9. The van der Waals surface area contributed by atoms with E-state index in [1.807, 2.05) is 19.1 Å². The van der Waals surface area contributed by atoms with Crippen LogP contribution in [0.25, 0.3) is 11.3 Å². The Bertz CT molecular complexity index is 565. The van der Waals surface area contributed by atoms with Gasteiger partial charge in [-0.2, -0.15) is 13.2 Å². The van der Waals surface area contributed by atoms with Gasteiger partial charge >= 0.3 is 12.0 Å². The summed E-state index contributed by atoms with van der Waals surface area (Å²) in [5, 5.41) is 0. The predicted octanol–water partition coefficient (Wildman–Crippen LogP) is 4.00. The SMILES string of the molecule is Cc1ccc(-c2ccc(C(=O)C(F)(F)F)o2)cc1. The van der Waals surface area contributed by atoms with Gasteiger partial charge in [0.1, 0.15) is 5.76 Å². The van der Waals surface area contributed by atoms with Crippen molar-refractivity contribution in [2.75, 3.05) is 0 Å². The van der Waals surface area contributed by atoms with Gasteiger partial charge in [0.25, 0.3) is 0 Å². The first kappa shape index (κ1) is 12.4. The third-order valence-electron chi connectivity index (χ3n) is 2.42. The fraction of sp³-hybridized carbons (Fsp3) is 0.154. The van der Waals surface area contributed by atoms with E-state index in [4.69, 9.17) is 4.42 Å². The van der Waals surface area contributed by atoms with E-state index in [0.29, 0.717) is 5.56 Å². The van der Waals surface area contributed by atoms with Gasteiger partial charge in [0.15, 0.2) is 5.76 Å². The van der Waals surface area contributed by atoms with Crippen LogP contribution in [0.2, 0.25) is 0 Å². The Labute approximate surface area is 101 Å². The first-order valence-corrected chi connectivity index (χ1v) is 5.16. The van der Waals surface area contributed by atoms with Gasteiger partial charge in [0.05, 0.1) is 0 Å². The minimum Gasteiger partial charge on any atom is -0.453 e. The smallest absolute Gasteiger partial charge is 0.453 e. The molecule has 2 rings (SSSR count). The predicted molar refractivity (Wildman–Crippen MR) is 59.3 cm³/mol. The molecule has 5 heteroatoms. The standard InChI is InChI=1S/C13H9F3O2/c1-8-2-4-9(5-3-8)10-6-7-11(18-10)12(17)13(14,15)16/h2-7H,1H3. The van der Waals surface area contributed by atoms with Crippen molar-refractivity contribution in [3.05, 3.63) is 47.7 Å². The fourth-order valence-electron chi connectivity index (χ4n) is 1.47. The molecule has 0 unspecified atom stereocenters. The molecule has 2 nitrogen and oxygen atoms in total. The molecule has 0 aliphatic rings. The van der Waals surface area contributed by atoms with Crippen LogP contribution in [-0.4, -0.2) is 12.0 Å². The van der Waals surface area contributed by atoms with E-state index in [1.165, 1.54) is 6.07 Å². The van der Waals surface area contributed by atoms with Crippen LogP contribution in [0, 0.1) is 6.92 Å². The molecule has 18 heavy (non-hydrogen) atoms. The highest BCUT2D eigenvalue weighted by Crippen LogP contribution is 2.27. The largest absolute Gasteiger partial charge is 0.458 e. The van der Waals surface area contributed by atoms with Crippen LogP contribution < -0.4 is 0 Å². The highest BCUT2D eigenvalue weighted by Gasteiger charge is 2.41. The lowest BCUT2D eigenvalue weighted by atomic mass is 10.1. The van der Waals surface area contributed by atoms with E-state index in [-0.39, 0.29) is 5.76 Å². The molecule has 0 N–H and O–H groups in total. The number of alkyl halides is 3. The summed E-state index contributed by atoms with van der Waals surface area (Å²) in [5.74, 6) is -2.43. The molecule has 0 amide bonds. The number of carbonyl (C=O) groups excluding carboxylic acids is 1.